The van der Waals surface area contributed by atoms with Crippen molar-refractivity contribution in [2.45, 2.75) is 0 Å². The molecule has 0 radical (unpaired) electrons. The van der Waals surface area contributed by atoms with Crippen LogP contribution < -0.4 is 25.6 Å². The van der Waals surface area contributed by atoms with Gasteiger partial charge in [-0.15, -0.1) is 0 Å². The lowest BCUT2D eigenvalue weighted by Gasteiger charge is -2.12. The molecule has 0 aromatic heterocycles. The third kappa shape index (κ3) is 5.68. The van der Waals surface area contributed by atoms with E-state index in [0.29, 0.717) is 21.5 Å². The predicted octanol–water partition coefficient (Wildman–Crippen LogP) is 3.33. The predicted molar refractivity (Wildman–Crippen MR) is 121 cm³/mol. The van der Waals surface area contributed by atoms with Gasteiger partial charge >= 0.3 is 0 Å². The van der Waals surface area contributed by atoms with Crippen LogP contribution in [0.25, 0.3) is 10.8 Å². The van der Waals surface area contributed by atoms with Crippen molar-refractivity contribution in [3.05, 3.63) is 70.7 Å². The summed E-state index contributed by atoms with van der Waals surface area (Å²) in [5, 5.41) is 4.48. The summed E-state index contributed by atoms with van der Waals surface area (Å²) in [5.74, 6) is 0.291. The maximum Gasteiger partial charge on any atom is 0.269 e. The molecule has 0 aliphatic heterocycles. The molecule has 0 saturated carbocycles. The van der Waals surface area contributed by atoms with Crippen molar-refractivity contribution in [1.82, 2.24) is 16.2 Å². The number of carbonyl (C=O) groups excluding carboxylic acids is 2. The number of rotatable bonds is 5. The molecular formula is C21H18BrN3O4S. The second kappa shape index (κ2) is 10.0. The molecule has 154 valence electrons. The highest BCUT2D eigenvalue weighted by Gasteiger charge is 2.11. The summed E-state index contributed by atoms with van der Waals surface area (Å²) < 4.78 is 11.3. The highest BCUT2D eigenvalue weighted by atomic mass is 79.9. The van der Waals surface area contributed by atoms with Gasteiger partial charge in [-0.1, -0.05) is 30.3 Å². The van der Waals surface area contributed by atoms with Crippen molar-refractivity contribution in [2.24, 2.45) is 0 Å². The van der Waals surface area contributed by atoms with Gasteiger partial charge in [-0.3, -0.25) is 25.8 Å². The molecule has 2 amide bonds. The minimum atomic E-state index is -0.456. The molecule has 0 atom stereocenters. The van der Waals surface area contributed by atoms with Crippen LogP contribution in [-0.2, 0) is 4.79 Å². The molecular weight excluding hydrogens is 470 g/mol. The average molecular weight is 488 g/mol. The number of hydrogen-bond acceptors (Lipinski definition) is 5. The molecule has 0 heterocycles. The van der Waals surface area contributed by atoms with Crippen molar-refractivity contribution in [1.29, 1.82) is 0 Å². The van der Waals surface area contributed by atoms with Crippen LogP contribution >= 0.6 is 28.1 Å². The number of hydrazine groups is 1. The largest absolute Gasteiger partial charge is 0.496 e. The molecule has 0 aliphatic carbocycles. The van der Waals surface area contributed by atoms with Crippen LogP contribution in [0.2, 0.25) is 0 Å². The van der Waals surface area contributed by atoms with Crippen molar-refractivity contribution in [3.63, 3.8) is 0 Å². The normalized spacial score (nSPS) is 10.2. The van der Waals surface area contributed by atoms with E-state index in [9.17, 15) is 9.59 Å². The van der Waals surface area contributed by atoms with E-state index >= 15 is 0 Å². The summed E-state index contributed by atoms with van der Waals surface area (Å²) >= 11 is 8.33. The van der Waals surface area contributed by atoms with Gasteiger partial charge in [0.1, 0.15) is 11.5 Å². The number of halogens is 1. The van der Waals surface area contributed by atoms with E-state index in [2.05, 4.69) is 32.1 Å². The van der Waals surface area contributed by atoms with Gasteiger partial charge in [0.05, 0.1) is 11.6 Å². The Hall–Kier alpha value is -3.17. The maximum atomic E-state index is 12.2. The SMILES string of the molecule is COc1ccc(C(=O)NNC(=S)NC(=O)COc2ccc3ccccc3c2)cc1Br. The number of nitrogens with one attached hydrogen (secondary N) is 3. The Balaban J connectivity index is 1.45. The van der Waals surface area contributed by atoms with Gasteiger partial charge in [0.2, 0.25) is 0 Å². The minimum absolute atomic E-state index is 0.0527. The first kappa shape index (κ1) is 21.5. The zero-order valence-corrected chi connectivity index (χ0v) is 18.3. The number of amides is 2. The summed E-state index contributed by atoms with van der Waals surface area (Å²) in [6.07, 6.45) is 0. The molecule has 3 rings (SSSR count). The number of ether oxygens (including phenoxy) is 2. The number of carbonyl (C=O) groups is 2. The molecule has 7 nitrogen and oxygen atoms in total. The molecule has 3 N–H and O–H groups in total. The Morgan fingerprint density at radius 1 is 1.00 bits per heavy atom. The van der Waals surface area contributed by atoms with E-state index in [1.165, 1.54) is 7.11 Å². The Kier molecular flexibility index (Phi) is 7.21. The molecule has 0 spiro atoms. The standard InChI is InChI=1S/C21H18BrN3O4S/c1-28-18-9-7-15(11-17(18)22)20(27)24-25-21(30)23-19(26)12-29-16-8-6-13-4-2-3-5-14(13)10-16/h2-11H,12H2,1H3,(H,24,27)(H2,23,25,26,30). The number of fused-ring (bicyclic) bond motifs is 1. The number of thiocarbonyl (C=S) groups is 1. The Labute approximate surface area is 186 Å². The van der Waals surface area contributed by atoms with Gasteiger partial charge in [-0.25, -0.2) is 0 Å². The van der Waals surface area contributed by atoms with Crippen molar-refractivity contribution < 1.29 is 19.1 Å². The van der Waals surface area contributed by atoms with Crippen molar-refractivity contribution in [2.75, 3.05) is 13.7 Å². The van der Waals surface area contributed by atoms with E-state index in [4.69, 9.17) is 21.7 Å². The van der Waals surface area contributed by atoms with E-state index in [1.54, 1.807) is 24.3 Å². The average Bonchev–Trinajstić information content (AvgIpc) is 2.75. The zero-order chi connectivity index (χ0) is 21.5. The molecule has 3 aromatic rings. The molecule has 0 fully saturated rings. The van der Waals surface area contributed by atoms with Gasteiger partial charge in [0, 0.05) is 5.56 Å². The molecule has 3 aromatic carbocycles. The Morgan fingerprint density at radius 2 is 1.77 bits per heavy atom. The number of methoxy groups -OCH3 is 1. The smallest absolute Gasteiger partial charge is 0.269 e. The van der Waals surface area contributed by atoms with Crippen LogP contribution in [0.15, 0.2) is 65.1 Å². The first-order valence-electron chi connectivity index (χ1n) is 8.81. The van der Waals surface area contributed by atoms with Gasteiger partial charge in [-0.2, -0.15) is 0 Å². The topological polar surface area (TPSA) is 88.7 Å². The first-order valence-corrected chi connectivity index (χ1v) is 10.0. The van der Waals surface area contributed by atoms with E-state index in [0.717, 1.165) is 10.8 Å². The number of hydrogen-bond donors (Lipinski definition) is 3. The second-order valence-corrected chi connectivity index (χ2v) is 7.37. The summed E-state index contributed by atoms with van der Waals surface area (Å²) in [6.45, 7) is -0.223. The van der Waals surface area contributed by atoms with Crippen LogP contribution in [0.3, 0.4) is 0 Å². The lowest BCUT2D eigenvalue weighted by Crippen LogP contribution is -2.49. The summed E-state index contributed by atoms with van der Waals surface area (Å²) in [7, 11) is 1.53. The molecule has 30 heavy (non-hydrogen) atoms. The fourth-order valence-corrected chi connectivity index (χ4v) is 3.30. The summed E-state index contributed by atoms with van der Waals surface area (Å²) in [4.78, 5) is 24.2. The monoisotopic (exact) mass is 487 g/mol. The van der Waals surface area contributed by atoms with Crippen LogP contribution in [0.4, 0.5) is 0 Å². The molecule has 0 aliphatic rings. The highest BCUT2D eigenvalue weighted by Crippen LogP contribution is 2.25. The Morgan fingerprint density at radius 3 is 2.50 bits per heavy atom. The lowest BCUT2D eigenvalue weighted by molar-refractivity contribution is -0.121. The third-order valence-electron chi connectivity index (χ3n) is 4.05. The molecule has 0 unspecified atom stereocenters. The van der Waals surface area contributed by atoms with Gasteiger partial charge in [-0.05, 0) is 69.3 Å². The molecule has 0 bridgehead atoms. The van der Waals surface area contributed by atoms with Crippen molar-refractivity contribution in [3.8, 4) is 11.5 Å². The lowest BCUT2D eigenvalue weighted by atomic mass is 10.1. The zero-order valence-electron chi connectivity index (χ0n) is 15.9. The quantitative estimate of drug-likeness (QED) is 0.377. The van der Waals surface area contributed by atoms with E-state index in [-0.39, 0.29) is 11.7 Å². The second-order valence-electron chi connectivity index (χ2n) is 6.10. The van der Waals surface area contributed by atoms with E-state index < -0.39 is 11.8 Å². The van der Waals surface area contributed by atoms with Crippen LogP contribution in [0.1, 0.15) is 10.4 Å². The third-order valence-corrected chi connectivity index (χ3v) is 4.87. The Bertz CT molecular complexity index is 1110. The van der Waals surface area contributed by atoms with Gasteiger partial charge < -0.3 is 9.47 Å². The van der Waals surface area contributed by atoms with Gasteiger partial charge in [0.15, 0.2) is 11.7 Å². The maximum absolute atomic E-state index is 12.2. The van der Waals surface area contributed by atoms with Crippen LogP contribution in [0, 0.1) is 0 Å². The minimum Gasteiger partial charge on any atom is -0.496 e. The first-order chi connectivity index (χ1) is 14.5. The van der Waals surface area contributed by atoms with Crippen LogP contribution in [0.5, 0.6) is 11.5 Å². The van der Waals surface area contributed by atoms with Crippen molar-refractivity contribution >= 4 is 55.8 Å². The van der Waals surface area contributed by atoms with Gasteiger partial charge in [0.25, 0.3) is 11.8 Å². The summed E-state index contributed by atoms with van der Waals surface area (Å²) in [5.41, 5.74) is 5.27. The summed E-state index contributed by atoms with van der Waals surface area (Å²) in [6, 6.07) is 18.3. The van der Waals surface area contributed by atoms with Crippen LogP contribution in [-0.4, -0.2) is 30.6 Å². The number of benzene rings is 3. The fourth-order valence-electron chi connectivity index (χ4n) is 2.59. The molecule has 9 heteroatoms. The highest BCUT2D eigenvalue weighted by molar-refractivity contribution is 9.10. The molecule has 0 saturated heterocycles. The fraction of sp³-hybridized carbons (Fsp3) is 0.0952. The van der Waals surface area contributed by atoms with E-state index in [1.807, 2.05) is 36.4 Å².